The van der Waals surface area contributed by atoms with Crippen molar-refractivity contribution < 1.29 is 28.7 Å². The van der Waals surface area contributed by atoms with Crippen LogP contribution in [0.15, 0.2) is 16.6 Å². The number of aliphatic hydroxyl groups is 2. The predicted octanol–water partition coefficient (Wildman–Crippen LogP) is -1.28. The molecule has 1 aliphatic heterocycles. The minimum atomic E-state index is -3.21. The number of fused-ring (bicyclic) bond motifs is 1. The van der Waals surface area contributed by atoms with Crippen LogP contribution < -0.4 is 5.73 Å². The van der Waals surface area contributed by atoms with Crippen molar-refractivity contribution in [1.82, 2.24) is 19.5 Å². The molecule has 12 nitrogen and oxygen atoms in total. The molecule has 2 aromatic rings. The second-order valence-electron chi connectivity index (χ2n) is 6.15. The number of anilines is 1. The first-order chi connectivity index (χ1) is 13.3. The van der Waals surface area contributed by atoms with Crippen molar-refractivity contribution in [2.75, 3.05) is 11.5 Å². The van der Waals surface area contributed by atoms with Crippen LogP contribution in [0.5, 0.6) is 0 Å². The van der Waals surface area contributed by atoms with Gasteiger partial charge in [-0.15, -0.1) is 0 Å². The van der Waals surface area contributed by atoms with Gasteiger partial charge < -0.3 is 0 Å². The molecular weight excluding hydrogens is 459 g/mol. The Labute approximate surface area is 168 Å². The number of aromatic nitrogens is 4. The summed E-state index contributed by atoms with van der Waals surface area (Å²) in [6.07, 6.45) is -1.96. The Hall–Kier alpha value is -1.83. The number of carboxylic acids is 1. The molecule has 3 heterocycles. The molecule has 1 unspecified atom stereocenters. The first kappa shape index (κ1) is 20.9. The van der Waals surface area contributed by atoms with Crippen LogP contribution in [0, 0.1) is 0 Å². The number of rotatable bonds is 7. The SMILES string of the molecule is Nc1ncnc2c1ncn2[C@@H]1O[C@H](C/[SeH](=O)=N/[C@@H](CCS)C(=O)O)[C@@H](O)[C@H]1O. The number of aliphatic hydroxyl groups excluding tert-OH is 2. The monoisotopic (exact) mass is 480 g/mol. The number of nitrogens with zero attached hydrogens (tertiary/aromatic N) is 5. The maximum atomic E-state index is 12.3. The molecule has 0 amide bonds. The first-order valence-corrected chi connectivity index (χ1v) is 11.8. The Morgan fingerprint density at radius 2 is 2.14 bits per heavy atom. The van der Waals surface area contributed by atoms with E-state index in [0.717, 1.165) is 0 Å². The van der Waals surface area contributed by atoms with Crippen LogP contribution in [0.1, 0.15) is 12.6 Å². The number of hydrogen-bond acceptors (Lipinski definition) is 11. The third kappa shape index (κ3) is 4.11. The van der Waals surface area contributed by atoms with Crippen LogP contribution in [-0.2, 0) is 13.4 Å². The number of ether oxygens (including phenoxy) is 1. The van der Waals surface area contributed by atoms with Gasteiger partial charge in [0.25, 0.3) is 0 Å². The number of hydrogen-bond donors (Lipinski definition) is 5. The van der Waals surface area contributed by atoms with E-state index in [1.165, 1.54) is 17.2 Å². The predicted molar refractivity (Wildman–Crippen MR) is 101 cm³/mol. The van der Waals surface area contributed by atoms with Gasteiger partial charge >= 0.3 is 168 Å². The molecule has 3 rings (SSSR count). The standard InChI is InChI=1S/C14H20N6O6SSe/c15-11-8-12(17-4-16-11)20(5-18-8)13-10(22)9(21)7(26-13)3-28(25)19-6(1-2-27)14(23)24/h4-7,9-10,13,21-22,27-28H,1-3H2,(H,23,24)(H2,15,16,17)/t6-,7+,9+,10+,13+/m0/s1. The molecule has 28 heavy (non-hydrogen) atoms. The quantitative estimate of drug-likeness (QED) is 0.237. The molecule has 1 fully saturated rings. The van der Waals surface area contributed by atoms with E-state index in [-0.39, 0.29) is 23.3 Å². The van der Waals surface area contributed by atoms with Crippen LogP contribution in [-0.4, -0.2) is 84.6 Å². The zero-order valence-electron chi connectivity index (χ0n) is 14.4. The molecule has 0 bridgehead atoms. The molecule has 1 saturated heterocycles. The zero-order chi connectivity index (χ0) is 20.4. The Kier molecular flexibility index (Phi) is 6.47. The van der Waals surface area contributed by atoms with E-state index in [0.29, 0.717) is 11.2 Å². The van der Waals surface area contributed by atoms with E-state index >= 15 is 0 Å². The van der Waals surface area contributed by atoms with Gasteiger partial charge in [-0.3, -0.25) is 0 Å². The van der Waals surface area contributed by atoms with Gasteiger partial charge in [0.15, 0.2) is 0 Å². The van der Waals surface area contributed by atoms with Crippen molar-refractivity contribution in [3.63, 3.8) is 0 Å². The van der Waals surface area contributed by atoms with E-state index in [4.69, 9.17) is 15.6 Å². The molecule has 5 N–H and O–H groups in total. The number of nitrogen functional groups attached to an aromatic ring is 1. The average molecular weight is 479 g/mol. The Bertz CT molecular complexity index is 950. The molecular formula is C14H20N6O6SSe. The summed E-state index contributed by atoms with van der Waals surface area (Å²) in [5, 5.41) is 29.6. The number of carbonyl (C=O) groups is 1. The third-order valence-corrected chi connectivity index (χ3v) is 7.08. The summed E-state index contributed by atoms with van der Waals surface area (Å²) in [5.74, 6) is -0.745. The van der Waals surface area contributed by atoms with Gasteiger partial charge in [-0.25, -0.2) is 0 Å². The summed E-state index contributed by atoms with van der Waals surface area (Å²) in [6, 6.07) is -1.12. The number of nitrogens with two attached hydrogens (primary N) is 1. The van der Waals surface area contributed by atoms with Crippen molar-refractivity contribution >= 4 is 49.2 Å². The van der Waals surface area contributed by atoms with Crippen LogP contribution >= 0.6 is 12.6 Å². The van der Waals surface area contributed by atoms with Crippen molar-refractivity contribution in [3.8, 4) is 0 Å². The van der Waals surface area contributed by atoms with Gasteiger partial charge in [0.2, 0.25) is 0 Å². The van der Waals surface area contributed by atoms with E-state index in [9.17, 15) is 18.8 Å². The van der Waals surface area contributed by atoms with Crippen LogP contribution in [0.3, 0.4) is 0 Å². The normalized spacial score (nSPS) is 27.2. The second kappa shape index (κ2) is 8.67. The van der Waals surface area contributed by atoms with Gasteiger partial charge in [0.05, 0.1) is 0 Å². The summed E-state index contributed by atoms with van der Waals surface area (Å²) >= 11 is 0.756. The van der Waals surface area contributed by atoms with E-state index < -0.39 is 50.2 Å². The number of carboxylic acid groups (broad SMARTS) is 1. The molecule has 2 aromatic heterocycles. The van der Waals surface area contributed by atoms with Crippen molar-refractivity contribution in [2.24, 2.45) is 3.96 Å². The fraction of sp³-hybridized carbons (Fsp3) is 0.571. The summed E-state index contributed by atoms with van der Waals surface area (Å²) < 4.78 is 23.3. The molecule has 6 atom stereocenters. The van der Waals surface area contributed by atoms with E-state index in [1.807, 2.05) is 0 Å². The number of imidazole rings is 1. The Balaban J connectivity index is 1.79. The van der Waals surface area contributed by atoms with Gasteiger partial charge in [0, 0.05) is 0 Å². The van der Waals surface area contributed by atoms with Crippen molar-refractivity contribution in [1.29, 1.82) is 0 Å². The fourth-order valence-electron chi connectivity index (χ4n) is 2.88. The molecule has 0 saturated carbocycles. The maximum absolute atomic E-state index is 12.3. The van der Waals surface area contributed by atoms with Gasteiger partial charge in [0.1, 0.15) is 0 Å². The summed E-state index contributed by atoms with van der Waals surface area (Å²) in [5.41, 5.74) is 6.37. The summed E-state index contributed by atoms with van der Waals surface area (Å²) in [6.45, 7) is 0. The van der Waals surface area contributed by atoms with Gasteiger partial charge in [-0.2, -0.15) is 0 Å². The van der Waals surface area contributed by atoms with Crippen LogP contribution in [0.25, 0.3) is 11.2 Å². The van der Waals surface area contributed by atoms with Crippen LogP contribution in [0.2, 0.25) is 5.32 Å². The van der Waals surface area contributed by atoms with Crippen molar-refractivity contribution in [3.05, 3.63) is 12.7 Å². The summed E-state index contributed by atoms with van der Waals surface area (Å²) in [4.78, 5) is 23.1. The number of aliphatic carboxylic acids is 1. The molecule has 1 aliphatic rings. The molecule has 0 radical (unpaired) electrons. The van der Waals surface area contributed by atoms with E-state index in [2.05, 4.69) is 31.5 Å². The van der Waals surface area contributed by atoms with Crippen LogP contribution in [0.4, 0.5) is 5.82 Å². The topological polar surface area (TPSA) is 186 Å². The zero-order valence-corrected chi connectivity index (χ0v) is 17.2. The third-order valence-electron chi connectivity index (χ3n) is 4.29. The Morgan fingerprint density at radius 3 is 2.82 bits per heavy atom. The Morgan fingerprint density at radius 1 is 1.39 bits per heavy atom. The molecule has 14 heteroatoms. The van der Waals surface area contributed by atoms with Crippen molar-refractivity contribution in [2.45, 2.75) is 42.3 Å². The molecule has 0 aliphatic carbocycles. The second-order valence-corrected chi connectivity index (χ2v) is 9.32. The minimum absolute atomic E-state index is 0.146. The first-order valence-electron chi connectivity index (χ1n) is 8.27. The molecule has 0 aromatic carbocycles. The molecule has 0 spiro atoms. The summed E-state index contributed by atoms with van der Waals surface area (Å²) in [7, 11) is 0. The van der Waals surface area contributed by atoms with E-state index in [1.54, 1.807) is 0 Å². The number of thiol groups is 1. The van der Waals surface area contributed by atoms with Gasteiger partial charge in [-0.1, -0.05) is 0 Å². The molecule has 154 valence electrons. The fourth-order valence-corrected chi connectivity index (χ4v) is 5.70. The van der Waals surface area contributed by atoms with Gasteiger partial charge in [-0.05, 0) is 0 Å². The average Bonchev–Trinajstić information content (AvgIpc) is 3.19.